The van der Waals surface area contributed by atoms with Crippen LogP contribution in [-0.4, -0.2) is 49.9 Å². The van der Waals surface area contributed by atoms with Crippen LogP contribution in [0.2, 0.25) is 0 Å². The lowest BCUT2D eigenvalue weighted by atomic mass is 9.92. The Morgan fingerprint density at radius 2 is 2.04 bits per heavy atom. The molecule has 8 nitrogen and oxygen atoms in total. The monoisotopic (exact) mass is 384 g/mol. The van der Waals surface area contributed by atoms with Crippen molar-refractivity contribution >= 4 is 21.9 Å². The van der Waals surface area contributed by atoms with Gasteiger partial charge in [-0.15, -0.1) is 0 Å². The van der Waals surface area contributed by atoms with E-state index in [2.05, 4.69) is 5.32 Å². The Morgan fingerprint density at radius 3 is 2.62 bits per heavy atom. The molecule has 1 saturated heterocycles. The minimum Gasteiger partial charge on any atom is -0.495 e. The molecule has 1 amide bonds. The Hall–Kier alpha value is -2.13. The Kier molecular flexibility index (Phi) is 6.25. The minimum absolute atomic E-state index is 0.0268. The van der Waals surface area contributed by atoms with Gasteiger partial charge in [-0.2, -0.15) is 4.31 Å². The number of aliphatic carboxylic acids is 1. The second-order valence-electron chi connectivity index (χ2n) is 6.59. The van der Waals surface area contributed by atoms with Crippen LogP contribution in [0.3, 0.4) is 0 Å². The van der Waals surface area contributed by atoms with Gasteiger partial charge in [-0.3, -0.25) is 9.59 Å². The number of benzene rings is 1. The predicted octanol–water partition coefficient (Wildman–Crippen LogP) is 1.06. The van der Waals surface area contributed by atoms with E-state index in [1.54, 1.807) is 6.07 Å². The lowest BCUT2D eigenvalue weighted by Gasteiger charge is -2.34. The van der Waals surface area contributed by atoms with E-state index in [0.717, 1.165) is 0 Å². The molecule has 0 radical (unpaired) electrons. The van der Waals surface area contributed by atoms with E-state index in [-0.39, 0.29) is 42.1 Å². The molecule has 1 heterocycles. The number of ether oxygens (including phenoxy) is 1. The number of rotatable bonds is 6. The molecule has 2 atom stereocenters. The first kappa shape index (κ1) is 20.2. The SMILES string of the molecule is COc1ccc(CNC(C)=O)cc1S(=O)(=O)N1CC(C)CC(C(=O)O)C1. The van der Waals surface area contributed by atoms with Crippen LogP contribution >= 0.6 is 0 Å². The van der Waals surface area contributed by atoms with E-state index in [4.69, 9.17) is 4.74 Å². The first-order valence-electron chi connectivity index (χ1n) is 8.29. The molecule has 9 heteroatoms. The Bertz CT molecular complexity index is 792. The summed E-state index contributed by atoms with van der Waals surface area (Å²) in [5.74, 6) is -1.83. The van der Waals surface area contributed by atoms with Crippen molar-refractivity contribution in [2.24, 2.45) is 11.8 Å². The second kappa shape index (κ2) is 8.05. The highest BCUT2D eigenvalue weighted by Crippen LogP contribution is 2.32. The quantitative estimate of drug-likeness (QED) is 0.758. The topological polar surface area (TPSA) is 113 Å². The van der Waals surface area contributed by atoms with Gasteiger partial charge in [0.25, 0.3) is 0 Å². The smallest absolute Gasteiger partial charge is 0.307 e. The molecule has 2 unspecified atom stereocenters. The van der Waals surface area contributed by atoms with E-state index in [1.165, 1.54) is 30.5 Å². The molecule has 144 valence electrons. The van der Waals surface area contributed by atoms with Crippen LogP contribution in [0.15, 0.2) is 23.1 Å². The molecule has 2 rings (SSSR count). The summed E-state index contributed by atoms with van der Waals surface area (Å²) in [7, 11) is -2.56. The van der Waals surface area contributed by atoms with Crippen LogP contribution in [0.25, 0.3) is 0 Å². The van der Waals surface area contributed by atoms with Gasteiger partial charge in [0.15, 0.2) is 0 Å². The molecule has 0 bridgehead atoms. The Balaban J connectivity index is 2.38. The summed E-state index contributed by atoms with van der Waals surface area (Å²) < 4.78 is 32.7. The summed E-state index contributed by atoms with van der Waals surface area (Å²) in [5, 5.41) is 11.9. The number of carbonyl (C=O) groups is 2. The fourth-order valence-corrected chi connectivity index (χ4v) is 4.89. The van der Waals surface area contributed by atoms with Gasteiger partial charge in [-0.1, -0.05) is 13.0 Å². The lowest BCUT2D eigenvalue weighted by Crippen LogP contribution is -2.45. The fourth-order valence-electron chi connectivity index (χ4n) is 3.08. The molecule has 0 spiro atoms. The van der Waals surface area contributed by atoms with Crippen molar-refractivity contribution < 1.29 is 27.9 Å². The van der Waals surface area contributed by atoms with Crippen LogP contribution in [0.5, 0.6) is 5.75 Å². The molecule has 2 N–H and O–H groups in total. The molecule has 1 aromatic rings. The number of nitrogens with one attached hydrogen (secondary N) is 1. The minimum atomic E-state index is -3.93. The highest BCUT2D eigenvalue weighted by molar-refractivity contribution is 7.89. The number of methoxy groups -OCH3 is 1. The molecule has 1 fully saturated rings. The number of piperidine rings is 1. The average Bonchev–Trinajstić information content (AvgIpc) is 2.59. The lowest BCUT2D eigenvalue weighted by molar-refractivity contribution is -0.143. The number of carbonyl (C=O) groups excluding carboxylic acids is 1. The number of amides is 1. The van der Waals surface area contributed by atoms with Crippen LogP contribution in [-0.2, 0) is 26.2 Å². The summed E-state index contributed by atoms with van der Waals surface area (Å²) in [5.41, 5.74) is 0.611. The Morgan fingerprint density at radius 1 is 1.35 bits per heavy atom. The molecular weight excluding hydrogens is 360 g/mol. The summed E-state index contributed by atoms with van der Waals surface area (Å²) in [6.45, 7) is 3.59. The van der Waals surface area contributed by atoms with Crippen LogP contribution < -0.4 is 10.1 Å². The van der Waals surface area contributed by atoms with Gasteiger partial charge in [0.05, 0.1) is 13.0 Å². The standard InChI is InChI=1S/C17H24N2O6S/c1-11-6-14(17(21)22)10-19(9-11)26(23,24)16-7-13(8-18-12(2)20)4-5-15(16)25-3/h4-5,7,11,14H,6,8-10H2,1-3H3,(H,18,20)(H,21,22). The zero-order valence-corrected chi connectivity index (χ0v) is 15.9. The first-order chi connectivity index (χ1) is 12.1. The number of carboxylic acids is 1. The Labute approximate surface area is 153 Å². The molecule has 26 heavy (non-hydrogen) atoms. The maximum Gasteiger partial charge on any atom is 0.307 e. The van der Waals surface area contributed by atoms with Gasteiger partial charge in [-0.05, 0) is 30.0 Å². The summed E-state index contributed by atoms with van der Waals surface area (Å²) in [4.78, 5) is 22.4. The maximum atomic E-state index is 13.1. The molecule has 1 aromatic carbocycles. The number of hydrogen-bond donors (Lipinski definition) is 2. The summed E-state index contributed by atoms with van der Waals surface area (Å²) >= 11 is 0. The third kappa shape index (κ3) is 4.53. The summed E-state index contributed by atoms with van der Waals surface area (Å²) in [6.07, 6.45) is 0.445. The largest absolute Gasteiger partial charge is 0.495 e. The van der Waals surface area contributed by atoms with Gasteiger partial charge in [0, 0.05) is 26.6 Å². The van der Waals surface area contributed by atoms with Crippen molar-refractivity contribution in [2.75, 3.05) is 20.2 Å². The molecule has 1 aliphatic rings. The fraction of sp³-hybridized carbons (Fsp3) is 0.529. The molecule has 0 saturated carbocycles. The molecule has 0 aromatic heterocycles. The average molecular weight is 384 g/mol. The van der Waals surface area contributed by atoms with Crippen LogP contribution in [0.1, 0.15) is 25.8 Å². The number of sulfonamides is 1. The van der Waals surface area contributed by atoms with E-state index in [0.29, 0.717) is 12.0 Å². The number of nitrogens with zero attached hydrogens (tertiary/aromatic N) is 1. The van der Waals surface area contributed by atoms with Crippen molar-refractivity contribution in [3.05, 3.63) is 23.8 Å². The molecular formula is C17H24N2O6S. The van der Waals surface area contributed by atoms with Crippen LogP contribution in [0.4, 0.5) is 0 Å². The van der Waals surface area contributed by atoms with E-state index in [1.807, 2.05) is 6.92 Å². The normalized spacial score (nSPS) is 21.2. The van der Waals surface area contributed by atoms with Gasteiger partial charge < -0.3 is 15.2 Å². The molecule has 1 aliphatic heterocycles. The van der Waals surface area contributed by atoms with Crippen LogP contribution in [0, 0.1) is 11.8 Å². The third-order valence-corrected chi connectivity index (χ3v) is 6.22. The molecule has 0 aliphatic carbocycles. The van der Waals surface area contributed by atoms with Gasteiger partial charge in [0.2, 0.25) is 15.9 Å². The van der Waals surface area contributed by atoms with Crippen molar-refractivity contribution in [2.45, 2.75) is 31.7 Å². The number of hydrogen-bond acceptors (Lipinski definition) is 5. The van der Waals surface area contributed by atoms with Gasteiger partial charge >= 0.3 is 5.97 Å². The van der Waals surface area contributed by atoms with E-state index >= 15 is 0 Å². The second-order valence-corrected chi connectivity index (χ2v) is 8.50. The maximum absolute atomic E-state index is 13.1. The summed E-state index contributed by atoms with van der Waals surface area (Å²) in [6, 6.07) is 4.66. The van der Waals surface area contributed by atoms with E-state index in [9.17, 15) is 23.1 Å². The van der Waals surface area contributed by atoms with Crippen molar-refractivity contribution in [1.29, 1.82) is 0 Å². The van der Waals surface area contributed by atoms with Gasteiger partial charge in [-0.25, -0.2) is 8.42 Å². The van der Waals surface area contributed by atoms with Crippen molar-refractivity contribution in [3.8, 4) is 5.75 Å². The van der Waals surface area contributed by atoms with Crippen molar-refractivity contribution in [1.82, 2.24) is 9.62 Å². The zero-order valence-electron chi connectivity index (χ0n) is 15.1. The van der Waals surface area contributed by atoms with Crippen molar-refractivity contribution in [3.63, 3.8) is 0 Å². The highest BCUT2D eigenvalue weighted by Gasteiger charge is 2.37. The van der Waals surface area contributed by atoms with Gasteiger partial charge in [0.1, 0.15) is 10.6 Å². The third-order valence-electron chi connectivity index (χ3n) is 4.36. The van der Waals surface area contributed by atoms with E-state index < -0.39 is 21.9 Å². The highest BCUT2D eigenvalue weighted by atomic mass is 32.2. The first-order valence-corrected chi connectivity index (χ1v) is 9.73. The number of carboxylic acid groups (broad SMARTS) is 1. The zero-order chi connectivity index (χ0) is 19.5. The predicted molar refractivity (Wildman–Crippen MR) is 94.2 cm³/mol.